The number of thioether (sulfide) groups is 1. The van der Waals surface area contributed by atoms with Crippen molar-refractivity contribution in [3.63, 3.8) is 0 Å². The maximum Gasteiger partial charge on any atom is 0.415 e. The number of benzene rings is 1. The van der Waals surface area contributed by atoms with Crippen molar-refractivity contribution in [2.24, 2.45) is 0 Å². The molecule has 2 amide bonds. The number of carbonyl (C=O) groups is 2. The van der Waals surface area contributed by atoms with Crippen molar-refractivity contribution in [2.75, 3.05) is 24.7 Å². The maximum atomic E-state index is 12.0. The van der Waals surface area contributed by atoms with Crippen molar-refractivity contribution in [3.05, 3.63) is 24.3 Å². The fourth-order valence-corrected chi connectivity index (χ4v) is 2.27. The normalized spacial score (nSPS) is 14.8. The van der Waals surface area contributed by atoms with Crippen molar-refractivity contribution in [1.82, 2.24) is 4.90 Å². The topological polar surface area (TPSA) is 58.6 Å². The molecule has 1 fully saturated rings. The van der Waals surface area contributed by atoms with Crippen LogP contribution in [0.15, 0.2) is 24.3 Å². The zero-order chi connectivity index (χ0) is 14.4. The summed E-state index contributed by atoms with van der Waals surface area (Å²) in [6.07, 6.45) is 4.60. The molecule has 1 aromatic rings. The predicted octanol–water partition coefficient (Wildman–Crippen LogP) is 3.57. The van der Waals surface area contributed by atoms with E-state index in [1.165, 1.54) is 6.42 Å². The molecule has 20 heavy (non-hydrogen) atoms. The number of likely N-dealkylation sites (tertiary alicyclic amines) is 1. The Labute approximate surface area is 122 Å². The van der Waals surface area contributed by atoms with E-state index in [1.807, 2.05) is 0 Å². The molecule has 2 rings (SSSR count). The van der Waals surface area contributed by atoms with Crippen LogP contribution >= 0.6 is 11.8 Å². The molecule has 6 heteroatoms. The molecule has 0 atom stereocenters. The Bertz CT molecular complexity index is 487. The molecule has 5 nitrogen and oxygen atoms in total. The summed E-state index contributed by atoms with van der Waals surface area (Å²) >= 11 is 1.10. The third-order valence-corrected chi connectivity index (χ3v) is 3.56. The Kier molecular flexibility index (Phi) is 5.29. The van der Waals surface area contributed by atoms with Crippen LogP contribution in [0.3, 0.4) is 0 Å². The number of hydrogen-bond acceptors (Lipinski definition) is 4. The van der Waals surface area contributed by atoms with E-state index in [2.05, 4.69) is 5.32 Å². The SMILES string of the molecule is CSC(=O)Nc1cccc(OC(=O)N2CCCCC2)c1. The van der Waals surface area contributed by atoms with Gasteiger partial charge in [0.1, 0.15) is 5.75 Å². The van der Waals surface area contributed by atoms with Crippen LogP contribution in [0.2, 0.25) is 0 Å². The van der Waals surface area contributed by atoms with Gasteiger partial charge in [0.25, 0.3) is 5.24 Å². The third kappa shape index (κ3) is 4.16. The number of piperidine rings is 1. The lowest BCUT2D eigenvalue weighted by Crippen LogP contribution is -2.37. The van der Waals surface area contributed by atoms with Gasteiger partial charge in [0.2, 0.25) is 0 Å². The number of nitrogens with zero attached hydrogens (tertiary/aromatic N) is 1. The molecule has 0 unspecified atom stereocenters. The first-order chi connectivity index (χ1) is 9.69. The largest absolute Gasteiger partial charge is 0.415 e. The molecule has 0 aromatic heterocycles. The van der Waals surface area contributed by atoms with Gasteiger partial charge in [-0.25, -0.2) is 4.79 Å². The first-order valence-electron chi connectivity index (χ1n) is 6.61. The highest BCUT2D eigenvalue weighted by molar-refractivity contribution is 8.13. The summed E-state index contributed by atoms with van der Waals surface area (Å²) in [6.45, 7) is 1.50. The fourth-order valence-electron chi connectivity index (χ4n) is 2.05. The summed E-state index contributed by atoms with van der Waals surface area (Å²) in [5.41, 5.74) is 0.619. The second-order valence-corrected chi connectivity index (χ2v) is 5.34. The molecule has 0 aliphatic carbocycles. The summed E-state index contributed by atoms with van der Waals surface area (Å²) < 4.78 is 5.34. The number of nitrogens with one attached hydrogen (secondary N) is 1. The molecule has 0 radical (unpaired) electrons. The molecular weight excluding hydrogens is 276 g/mol. The number of hydrogen-bond donors (Lipinski definition) is 1. The van der Waals surface area contributed by atoms with Crippen molar-refractivity contribution in [3.8, 4) is 5.75 Å². The molecule has 1 heterocycles. The van der Waals surface area contributed by atoms with Crippen LogP contribution in [0.1, 0.15) is 19.3 Å². The Morgan fingerprint density at radius 2 is 2.00 bits per heavy atom. The van der Waals surface area contributed by atoms with E-state index in [0.29, 0.717) is 11.4 Å². The van der Waals surface area contributed by atoms with Gasteiger partial charge in [-0.15, -0.1) is 0 Å². The number of anilines is 1. The second kappa shape index (κ2) is 7.19. The van der Waals surface area contributed by atoms with Crippen LogP contribution in [0.5, 0.6) is 5.75 Å². The van der Waals surface area contributed by atoms with E-state index in [1.54, 1.807) is 35.4 Å². The minimum absolute atomic E-state index is 0.149. The van der Waals surface area contributed by atoms with Crippen LogP contribution in [0.4, 0.5) is 15.3 Å². The summed E-state index contributed by atoms with van der Waals surface area (Å²) in [5.74, 6) is 0.444. The molecule has 108 valence electrons. The van der Waals surface area contributed by atoms with Gasteiger partial charge in [-0.05, 0) is 37.7 Å². The lowest BCUT2D eigenvalue weighted by atomic mass is 10.1. The average Bonchev–Trinajstić information content (AvgIpc) is 2.48. The summed E-state index contributed by atoms with van der Waals surface area (Å²) in [7, 11) is 0. The molecule has 1 saturated heterocycles. The van der Waals surface area contributed by atoms with E-state index < -0.39 is 0 Å². The first kappa shape index (κ1) is 14.7. The van der Waals surface area contributed by atoms with Crippen LogP contribution in [-0.2, 0) is 0 Å². The van der Waals surface area contributed by atoms with Crippen molar-refractivity contribution < 1.29 is 14.3 Å². The number of ether oxygens (including phenoxy) is 1. The molecule has 0 saturated carbocycles. The quantitative estimate of drug-likeness (QED) is 0.906. The van der Waals surface area contributed by atoms with E-state index in [4.69, 9.17) is 4.74 Å². The molecule has 0 bridgehead atoms. The van der Waals surface area contributed by atoms with E-state index in [9.17, 15) is 9.59 Å². The average molecular weight is 294 g/mol. The van der Waals surface area contributed by atoms with Gasteiger partial charge in [0, 0.05) is 24.8 Å². The molecular formula is C14H18N2O3S. The highest BCUT2D eigenvalue weighted by atomic mass is 32.2. The summed E-state index contributed by atoms with van der Waals surface area (Å²) in [6, 6.07) is 6.85. The highest BCUT2D eigenvalue weighted by Crippen LogP contribution is 2.20. The molecule has 1 aliphatic heterocycles. The lowest BCUT2D eigenvalue weighted by molar-refractivity contribution is 0.142. The Morgan fingerprint density at radius 1 is 1.25 bits per heavy atom. The first-order valence-corrected chi connectivity index (χ1v) is 7.83. The predicted molar refractivity (Wildman–Crippen MR) is 80.4 cm³/mol. The van der Waals surface area contributed by atoms with Gasteiger partial charge >= 0.3 is 6.09 Å². The fraction of sp³-hybridized carbons (Fsp3) is 0.429. The highest BCUT2D eigenvalue weighted by Gasteiger charge is 2.18. The Morgan fingerprint density at radius 3 is 2.70 bits per heavy atom. The summed E-state index contributed by atoms with van der Waals surface area (Å²) in [5, 5.41) is 2.56. The van der Waals surface area contributed by atoms with Gasteiger partial charge in [-0.1, -0.05) is 17.8 Å². The van der Waals surface area contributed by atoms with E-state index in [0.717, 1.165) is 37.7 Å². The molecule has 0 spiro atoms. The van der Waals surface area contributed by atoms with Gasteiger partial charge < -0.3 is 15.0 Å². The van der Waals surface area contributed by atoms with Gasteiger partial charge in [-0.2, -0.15) is 0 Å². The zero-order valence-electron chi connectivity index (χ0n) is 11.4. The molecule has 1 N–H and O–H groups in total. The van der Waals surface area contributed by atoms with Crippen LogP contribution in [-0.4, -0.2) is 35.6 Å². The van der Waals surface area contributed by atoms with E-state index >= 15 is 0 Å². The zero-order valence-corrected chi connectivity index (χ0v) is 12.2. The van der Waals surface area contributed by atoms with Crippen molar-refractivity contribution in [2.45, 2.75) is 19.3 Å². The monoisotopic (exact) mass is 294 g/mol. The summed E-state index contributed by atoms with van der Waals surface area (Å²) in [4.78, 5) is 25.0. The van der Waals surface area contributed by atoms with Gasteiger partial charge in [0.05, 0.1) is 0 Å². The third-order valence-electron chi connectivity index (χ3n) is 3.09. The maximum absolute atomic E-state index is 12.0. The number of amides is 2. The Balaban J connectivity index is 1.96. The van der Waals surface area contributed by atoms with Crippen molar-refractivity contribution >= 4 is 28.8 Å². The molecule has 1 aliphatic rings. The van der Waals surface area contributed by atoms with Gasteiger partial charge in [-0.3, -0.25) is 4.79 Å². The minimum Gasteiger partial charge on any atom is -0.410 e. The number of carbonyl (C=O) groups excluding carboxylic acids is 2. The standard InChI is InChI=1S/C14H18N2O3S/c1-20-13(17)15-11-6-5-7-12(10-11)19-14(18)16-8-3-2-4-9-16/h5-7,10H,2-4,8-9H2,1H3,(H,15,17). The Hall–Kier alpha value is -1.69. The van der Waals surface area contributed by atoms with Crippen molar-refractivity contribution in [1.29, 1.82) is 0 Å². The number of rotatable bonds is 2. The van der Waals surface area contributed by atoms with Crippen LogP contribution in [0, 0.1) is 0 Å². The van der Waals surface area contributed by atoms with Gasteiger partial charge in [0.15, 0.2) is 0 Å². The lowest BCUT2D eigenvalue weighted by Gasteiger charge is -2.25. The second-order valence-electron chi connectivity index (χ2n) is 4.56. The van der Waals surface area contributed by atoms with E-state index in [-0.39, 0.29) is 11.3 Å². The van der Waals surface area contributed by atoms with Crippen LogP contribution < -0.4 is 10.1 Å². The molecule has 1 aromatic carbocycles. The minimum atomic E-state index is -0.321. The smallest absolute Gasteiger partial charge is 0.410 e. The van der Waals surface area contributed by atoms with Crippen LogP contribution in [0.25, 0.3) is 0 Å².